The Kier molecular flexibility index (Phi) is 7.93. The molecular weight excluding hydrogens is 452 g/mol. The van der Waals surface area contributed by atoms with Crippen molar-refractivity contribution in [2.45, 2.75) is 26.8 Å². The van der Waals surface area contributed by atoms with Crippen LogP contribution in [0.25, 0.3) is 5.76 Å². The van der Waals surface area contributed by atoms with Crippen molar-refractivity contribution in [2.24, 2.45) is 0 Å². The monoisotopic (exact) mass is 476 g/mol. The molecule has 0 aliphatic carbocycles. The molecule has 0 unspecified atom stereocenters. The number of ether oxygens (including phenoxy) is 1. The number of esters is 1. The van der Waals surface area contributed by atoms with E-state index in [4.69, 9.17) is 9.84 Å². The second kappa shape index (κ2) is 11.1. The first kappa shape index (κ1) is 25.1. The molecule has 0 fully saturated rings. The summed E-state index contributed by atoms with van der Waals surface area (Å²) in [6, 6.07) is 15.6. The minimum Gasteiger partial charge on any atom is -0.507 e. The molecule has 0 radical (unpaired) electrons. The van der Waals surface area contributed by atoms with Gasteiger partial charge in [0.05, 0.1) is 18.8 Å². The van der Waals surface area contributed by atoms with Crippen LogP contribution in [0.3, 0.4) is 0 Å². The topological polar surface area (TPSA) is 136 Å². The van der Waals surface area contributed by atoms with Gasteiger partial charge in [0.2, 0.25) is 0 Å². The lowest BCUT2D eigenvalue weighted by Crippen LogP contribution is -2.31. The van der Waals surface area contributed by atoms with Crippen LogP contribution in [0.2, 0.25) is 0 Å². The largest absolute Gasteiger partial charge is 0.507 e. The predicted octanol–water partition coefficient (Wildman–Crippen LogP) is 2.92. The highest BCUT2D eigenvalue weighted by Gasteiger charge is 2.22. The number of aliphatic carboxylic acids is 1. The van der Waals surface area contributed by atoms with Crippen molar-refractivity contribution < 1.29 is 29.3 Å². The van der Waals surface area contributed by atoms with Gasteiger partial charge in [-0.05, 0) is 25.0 Å². The summed E-state index contributed by atoms with van der Waals surface area (Å²) < 4.78 is 6.59. The van der Waals surface area contributed by atoms with E-state index in [9.17, 15) is 24.3 Å². The van der Waals surface area contributed by atoms with E-state index >= 15 is 0 Å². The van der Waals surface area contributed by atoms with Crippen LogP contribution in [0.15, 0.2) is 65.5 Å². The fraction of sp³-hybridized carbons (Fsp3) is 0.192. The van der Waals surface area contributed by atoms with E-state index in [0.717, 1.165) is 5.56 Å². The van der Waals surface area contributed by atoms with E-state index in [0.29, 0.717) is 29.4 Å². The van der Waals surface area contributed by atoms with E-state index in [-0.39, 0.29) is 24.3 Å². The maximum atomic E-state index is 12.9. The number of carbonyl (C=O) groups is 3. The molecule has 0 aliphatic heterocycles. The molecule has 1 heterocycles. The van der Waals surface area contributed by atoms with E-state index in [1.807, 2.05) is 30.3 Å². The summed E-state index contributed by atoms with van der Waals surface area (Å²) in [5, 5.41) is 18.6. The Morgan fingerprint density at radius 3 is 2.26 bits per heavy atom. The van der Waals surface area contributed by atoms with Gasteiger partial charge in [0, 0.05) is 23.8 Å². The lowest BCUT2D eigenvalue weighted by atomic mass is 10.0. The summed E-state index contributed by atoms with van der Waals surface area (Å²) >= 11 is 0. The van der Waals surface area contributed by atoms with Gasteiger partial charge in [-0.3, -0.25) is 9.36 Å². The summed E-state index contributed by atoms with van der Waals surface area (Å²) in [6.45, 7) is 3.62. The summed E-state index contributed by atoms with van der Waals surface area (Å²) in [5.74, 6) is -3.98. The number of aromatic nitrogens is 2. The summed E-state index contributed by atoms with van der Waals surface area (Å²) in [7, 11) is 0. The summed E-state index contributed by atoms with van der Waals surface area (Å²) in [5.41, 5.74) is 2.24. The molecule has 3 rings (SSSR count). The minimum absolute atomic E-state index is 0.0918. The molecule has 0 bridgehead atoms. The number of rotatable bonds is 9. The van der Waals surface area contributed by atoms with Gasteiger partial charge in [0.25, 0.3) is 5.78 Å². The quantitative estimate of drug-likeness (QED) is 0.208. The van der Waals surface area contributed by atoms with Crippen LogP contribution in [0.4, 0.5) is 0 Å². The van der Waals surface area contributed by atoms with Crippen molar-refractivity contribution in [2.75, 3.05) is 6.61 Å². The third kappa shape index (κ3) is 6.08. The Morgan fingerprint density at radius 2 is 1.66 bits per heavy atom. The molecule has 2 N–H and O–H groups in total. The van der Waals surface area contributed by atoms with E-state index < -0.39 is 29.2 Å². The van der Waals surface area contributed by atoms with Gasteiger partial charge in [0.15, 0.2) is 0 Å². The fourth-order valence-electron chi connectivity index (χ4n) is 3.52. The number of nitrogens with zero attached hydrogens (tertiary/aromatic N) is 2. The zero-order valence-electron chi connectivity index (χ0n) is 19.2. The second-order valence-corrected chi connectivity index (χ2v) is 7.67. The Bertz CT molecular complexity index is 1340. The standard InChI is InChI=1S/C26H24N2O7/c1-3-35-25(33)23-16(2)28(26(34)27-20(23)13-17-7-5-4-6-8-17)15-18-9-11-19(12-10-18)21(29)14-22(30)24(31)32/h4-12,14,29H,3,13,15H2,1-2H3,(H,31,32). The number of carboxylic acids is 1. The van der Waals surface area contributed by atoms with Crippen molar-refractivity contribution in [1.82, 2.24) is 9.55 Å². The molecule has 0 atom stereocenters. The number of ketones is 1. The SMILES string of the molecule is CCOC(=O)c1c(Cc2ccccc2)nc(=O)n(Cc2ccc(C(O)=CC(=O)C(=O)O)cc2)c1C. The second-order valence-electron chi connectivity index (χ2n) is 7.67. The molecule has 35 heavy (non-hydrogen) atoms. The molecule has 180 valence electrons. The molecule has 1 aromatic heterocycles. The summed E-state index contributed by atoms with van der Waals surface area (Å²) in [4.78, 5) is 51.8. The van der Waals surface area contributed by atoms with E-state index in [2.05, 4.69) is 4.98 Å². The number of hydrogen-bond donors (Lipinski definition) is 2. The third-order valence-electron chi connectivity index (χ3n) is 5.28. The van der Waals surface area contributed by atoms with Gasteiger partial charge >= 0.3 is 17.6 Å². The number of benzene rings is 2. The molecular formula is C26H24N2O7. The van der Waals surface area contributed by atoms with Crippen molar-refractivity contribution in [3.8, 4) is 0 Å². The maximum absolute atomic E-state index is 12.9. The van der Waals surface area contributed by atoms with Crippen molar-refractivity contribution in [3.05, 3.63) is 105 Å². The van der Waals surface area contributed by atoms with E-state index in [1.54, 1.807) is 26.0 Å². The van der Waals surface area contributed by atoms with E-state index in [1.165, 1.54) is 16.7 Å². The molecule has 0 saturated carbocycles. The van der Waals surface area contributed by atoms with Crippen molar-refractivity contribution in [1.29, 1.82) is 0 Å². The highest BCUT2D eigenvalue weighted by atomic mass is 16.5. The third-order valence-corrected chi connectivity index (χ3v) is 5.28. The van der Waals surface area contributed by atoms with Gasteiger partial charge in [0.1, 0.15) is 11.3 Å². The average Bonchev–Trinajstić information content (AvgIpc) is 2.82. The van der Waals surface area contributed by atoms with Crippen LogP contribution in [0.5, 0.6) is 0 Å². The molecule has 3 aromatic rings. The highest BCUT2D eigenvalue weighted by Crippen LogP contribution is 2.18. The Balaban J connectivity index is 1.96. The summed E-state index contributed by atoms with van der Waals surface area (Å²) in [6.07, 6.45) is 0.911. The number of carboxylic acid groups (broad SMARTS) is 1. The zero-order valence-corrected chi connectivity index (χ0v) is 19.2. The van der Waals surface area contributed by atoms with Gasteiger partial charge < -0.3 is 14.9 Å². The van der Waals surface area contributed by atoms with Crippen molar-refractivity contribution in [3.63, 3.8) is 0 Å². The van der Waals surface area contributed by atoms with Crippen LogP contribution in [0, 0.1) is 6.92 Å². The average molecular weight is 476 g/mol. The first-order chi connectivity index (χ1) is 16.7. The fourth-order valence-corrected chi connectivity index (χ4v) is 3.52. The molecule has 9 heteroatoms. The number of carbonyl (C=O) groups excluding carboxylic acids is 2. The predicted molar refractivity (Wildman–Crippen MR) is 127 cm³/mol. The number of aliphatic hydroxyl groups excluding tert-OH is 1. The number of aliphatic hydroxyl groups is 1. The molecule has 0 spiro atoms. The van der Waals surface area contributed by atoms with Crippen LogP contribution < -0.4 is 5.69 Å². The maximum Gasteiger partial charge on any atom is 0.376 e. The van der Waals surface area contributed by atoms with Gasteiger partial charge in [-0.1, -0.05) is 54.6 Å². The Morgan fingerprint density at radius 1 is 1.00 bits per heavy atom. The van der Waals surface area contributed by atoms with Crippen molar-refractivity contribution >= 4 is 23.5 Å². The van der Waals surface area contributed by atoms with Gasteiger partial charge in [-0.15, -0.1) is 0 Å². The smallest absolute Gasteiger partial charge is 0.376 e. The molecule has 0 amide bonds. The van der Waals surface area contributed by atoms with Crippen LogP contribution >= 0.6 is 0 Å². The Labute approximate surface area is 201 Å². The lowest BCUT2D eigenvalue weighted by Gasteiger charge is -2.16. The number of hydrogen-bond acceptors (Lipinski definition) is 7. The first-order valence-electron chi connectivity index (χ1n) is 10.8. The highest BCUT2D eigenvalue weighted by molar-refractivity contribution is 6.38. The molecule has 0 aliphatic rings. The van der Waals surface area contributed by atoms with Gasteiger partial charge in [-0.2, -0.15) is 4.98 Å². The Hall–Kier alpha value is -4.53. The zero-order chi connectivity index (χ0) is 25.5. The first-order valence-corrected chi connectivity index (χ1v) is 10.8. The van der Waals surface area contributed by atoms with Gasteiger partial charge in [-0.25, -0.2) is 14.4 Å². The minimum atomic E-state index is -1.68. The molecule has 9 nitrogen and oxygen atoms in total. The van der Waals surface area contributed by atoms with Crippen LogP contribution in [0.1, 0.15) is 45.4 Å². The van der Waals surface area contributed by atoms with Crippen LogP contribution in [-0.2, 0) is 27.3 Å². The molecule has 2 aromatic carbocycles. The normalized spacial score (nSPS) is 11.2. The van der Waals surface area contributed by atoms with Crippen LogP contribution in [-0.4, -0.2) is 44.1 Å². The lowest BCUT2D eigenvalue weighted by molar-refractivity contribution is -0.146. The molecule has 0 saturated heterocycles.